The summed E-state index contributed by atoms with van der Waals surface area (Å²) in [6.45, 7) is 2.71. The number of nitriles is 1. The van der Waals surface area contributed by atoms with Gasteiger partial charge in [0.25, 0.3) is 0 Å². The highest BCUT2D eigenvalue weighted by molar-refractivity contribution is 6.32. The second-order valence-electron chi connectivity index (χ2n) is 5.92. The lowest BCUT2D eigenvalue weighted by molar-refractivity contribution is -0.121. The van der Waals surface area contributed by atoms with Gasteiger partial charge in [-0.2, -0.15) is 5.26 Å². The second-order valence-corrected chi connectivity index (χ2v) is 6.32. The second kappa shape index (κ2) is 5.69. The zero-order valence-electron chi connectivity index (χ0n) is 12.3. The van der Waals surface area contributed by atoms with Crippen LogP contribution in [0.5, 0.6) is 11.5 Å². The number of halogens is 1. The van der Waals surface area contributed by atoms with Gasteiger partial charge in [-0.3, -0.25) is 4.79 Å². The van der Waals surface area contributed by atoms with E-state index in [0.29, 0.717) is 29.7 Å². The first-order valence-corrected chi connectivity index (χ1v) is 7.70. The lowest BCUT2D eigenvalue weighted by atomic mass is 9.97. The average Bonchev–Trinajstić information content (AvgIpc) is 3.32. The van der Waals surface area contributed by atoms with Gasteiger partial charge < -0.3 is 14.8 Å². The van der Waals surface area contributed by atoms with Crippen LogP contribution in [0.25, 0.3) is 0 Å². The van der Waals surface area contributed by atoms with Crippen molar-refractivity contribution in [2.45, 2.75) is 31.7 Å². The fraction of sp³-hybridized carbons (Fsp3) is 0.500. The van der Waals surface area contributed by atoms with E-state index in [2.05, 4.69) is 11.4 Å². The Bertz CT molecular complexity index is 652. The van der Waals surface area contributed by atoms with Gasteiger partial charge in [-0.1, -0.05) is 11.6 Å². The highest BCUT2D eigenvalue weighted by Gasteiger charge is 2.42. The molecule has 1 N–H and O–H groups in total. The van der Waals surface area contributed by atoms with Crippen LogP contribution in [0.2, 0.25) is 5.02 Å². The Balaban J connectivity index is 1.72. The number of hydrogen-bond acceptors (Lipinski definition) is 4. The number of hydrogen-bond donors (Lipinski definition) is 1. The maximum Gasteiger partial charge on any atom is 0.225 e. The minimum Gasteiger partial charge on any atom is -0.486 e. The van der Waals surface area contributed by atoms with E-state index in [9.17, 15) is 10.1 Å². The van der Waals surface area contributed by atoms with E-state index in [1.54, 1.807) is 19.1 Å². The molecule has 1 heterocycles. The van der Waals surface area contributed by atoms with Crippen molar-refractivity contribution in [3.8, 4) is 17.6 Å². The Hall–Kier alpha value is -1.93. The summed E-state index contributed by atoms with van der Waals surface area (Å²) < 4.78 is 11.0. The third-order valence-electron chi connectivity index (χ3n) is 4.05. The molecule has 0 aromatic heterocycles. The lowest BCUT2D eigenvalue weighted by Crippen LogP contribution is -2.47. The van der Waals surface area contributed by atoms with Gasteiger partial charge in [-0.25, -0.2) is 0 Å². The quantitative estimate of drug-likeness (QED) is 0.925. The first-order chi connectivity index (χ1) is 10.5. The fourth-order valence-corrected chi connectivity index (χ4v) is 2.96. The summed E-state index contributed by atoms with van der Waals surface area (Å²) in [5.41, 5.74) is -0.0443. The van der Waals surface area contributed by atoms with E-state index in [4.69, 9.17) is 21.1 Å². The van der Waals surface area contributed by atoms with Gasteiger partial charge in [0, 0.05) is 0 Å². The Morgan fingerprint density at radius 3 is 2.86 bits per heavy atom. The summed E-state index contributed by atoms with van der Waals surface area (Å²) in [5.74, 6) is 1.15. The Kier molecular flexibility index (Phi) is 3.88. The molecule has 0 radical (unpaired) electrons. The minimum absolute atomic E-state index is 0.153. The molecule has 1 fully saturated rings. The van der Waals surface area contributed by atoms with Crippen LogP contribution >= 0.6 is 11.6 Å². The summed E-state index contributed by atoms with van der Waals surface area (Å²) in [7, 11) is 0. The van der Waals surface area contributed by atoms with Crippen molar-refractivity contribution in [2.24, 2.45) is 5.92 Å². The SMILES string of the molecule is C[C@](C#N)(NC(=O)Cc1cc(Cl)c2c(c1)OCCO2)C1CC1. The van der Waals surface area contributed by atoms with E-state index in [0.717, 1.165) is 18.4 Å². The smallest absolute Gasteiger partial charge is 0.225 e. The maximum absolute atomic E-state index is 12.2. The fourth-order valence-electron chi connectivity index (χ4n) is 2.67. The molecule has 0 bridgehead atoms. The molecule has 0 unspecified atom stereocenters. The molecule has 2 aliphatic rings. The van der Waals surface area contributed by atoms with Crippen LogP contribution in [0.15, 0.2) is 12.1 Å². The molecule has 1 aromatic carbocycles. The molecule has 6 heteroatoms. The molecule has 1 aromatic rings. The van der Waals surface area contributed by atoms with Gasteiger partial charge in [0.1, 0.15) is 18.8 Å². The Morgan fingerprint density at radius 1 is 1.45 bits per heavy atom. The van der Waals surface area contributed by atoms with Crippen LogP contribution < -0.4 is 14.8 Å². The van der Waals surface area contributed by atoms with E-state index in [1.807, 2.05) is 0 Å². The molecule has 1 atom stereocenters. The number of nitrogens with zero attached hydrogens (tertiary/aromatic N) is 1. The minimum atomic E-state index is -0.783. The van der Waals surface area contributed by atoms with Crippen LogP contribution in [-0.4, -0.2) is 24.7 Å². The van der Waals surface area contributed by atoms with Gasteiger partial charge in [-0.05, 0) is 43.4 Å². The van der Waals surface area contributed by atoms with E-state index < -0.39 is 5.54 Å². The normalized spacial score (nSPS) is 19.0. The number of ether oxygens (including phenoxy) is 2. The lowest BCUT2D eigenvalue weighted by Gasteiger charge is -2.23. The molecule has 116 valence electrons. The van der Waals surface area contributed by atoms with Crippen molar-refractivity contribution < 1.29 is 14.3 Å². The summed E-state index contributed by atoms with van der Waals surface area (Å²) in [5, 5.41) is 12.6. The molecule has 1 aliphatic carbocycles. The third-order valence-corrected chi connectivity index (χ3v) is 4.33. The molecule has 1 saturated carbocycles. The summed E-state index contributed by atoms with van der Waals surface area (Å²) in [6, 6.07) is 5.68. The number of amides is 1. The van der Waals surface area contributed by atoms with Crippen molar-refractivity contribution in [3.05, 3.63) is 22.7 Å². The summed E-state index contributed by atoms with van der Waals surface area (Å²) >= 11 is 6.16. The number of carbonyl (C=O) groups is 1. The van der Waals surface area contributed by atoms with Crippen LogP contribution in [0, 0.1) is 17.2 Å². The predicted molar refractivity (Wildman–Crippen MR) is 81.0 cm³/mol. The molecule has 3 rings (SSSR count). The molecular weight excluding hydrogens is 304 g/mol. The van der Waals surface area contributed by atoms with Gasteiger partial charge in [0.2, 0.25) is 5.91 Å². The number of benzene rings is 1. The van der Waals surface area contributed by atoms with E-state index in [-0.39, 0.29) is 18.2 Å². The number of carbonyl (C=O) groups excluding carboxylic acids is 1. The van der Waals surface area contributed by atoms with Gasteiger partial charge in [0.05, 0.1) is 17.5 Å². The zero-order valence-corrected chi connectivity index (χ0v) is 13.1. The van der Waals surface area contributed by atoms with Crippen molar-refractivity contribution in [1.29, 1.82) is 5.26 Å². The maximum atomic E-state index is 12.2. The predicted octanol–water partition coefficient (Wildman–Crippen LogP) is 2.46. The molecule has 0 saturated heterocycles. The topological polar surface area (TPSA) is 71.4 Å². The Labute approximate surface area is 134 Å². The average molecular weight is 321 g/mol. The molecular formula is C16H17ClN2O3. The molecule has 0 spiro atoms. The molecule has 22 heavy (non-hydrogen) atoms. The molecule has 5 nitrogen and oxygen atoms in total. The van der Waals surface area contributed by atoms with Gasteiger partial charge in [-0.15, -0.1) is 0 Å². The van der Waals surface area contributed by atoms with Gasteiger partial charge >= 0.3 is 0 Å². The number of rotatable bonds is 4. The Morgan fingerprint density at radius 2 is 2.18 bits per heavy atom. The highest BCUT2D eigenvalue weighted by Crippen LogP contribution is 2.40. The van der Waals surface area contributed by atoms with Crippen molar-refractivity contribution in [3.63, 3.8) is 0 Å². The number of fused-ring (bicyclic) bond motifs is 1. The zero-order chi connectivity index (χ0) is 15.7. The first-order valence-electron chi connectivity index (χ1n) is 7.32. The van der Waals surface area contributed by atoms with E-state index in [1.165, 1.54) is 0 Å². The van der Waals surface area contributed by atoms with Gasteiger partial charge in [0.15, 0.2) is 11.5 Å². The monoisotopic (exact) mass is 320 g/mol. The third kappa shape index (κ3) is 2.97. The van der Waals surface area contributed by atoms with Crippen LogP contribution in [0.1, 0.15) is 25.3 Å². The molecule has 1 aliphatic heterocycles. The standard InChI is InChI=1S/C16H17ClN2O3/c1-16(9-18,11-2-3-11)19-14(20)8-10-6-12(17)15-13(7-10)21-4-5-22-15/h6-7,11H,2-5,8H2,1H3,(H,19,20)/t16-/m1/s1. The summed E-state index contributed by atoms with van der Waals surface area (Å²) in [6.07, 6.45) is 2.13. The van der Waals surface area contributed by atoms with E-state index >= 15 is 0 Å². The van der Waals surface area contributed by atoms with Crippen molar-refractivity contribution in [1.82, 2.24) is 5.32 Å². The van der Waals surface area contributed by atoms with Crippen LogP contribution in [0.3, 0.4) is 0 Å². The first kappa shape index (κ1) is 15.0. The summed E-state index contributed by atoms with van der Waals surface area (Å²) in [4.78, 5) is 12.2. The number of nitrogens with one attached hydrogen (secondary N) is 1. The highest BCUT2D eigenvalue weighted by atomic mass is 35.5. The van der Waals surface area contributed by atoms with Crippen LogP contribution in [-0.2, 0) is 11.2 Å². The van der Waals surface area contributed by atoms with Crippen molar-refractivity contribution in [2.75, 3.05) is 13.2 Å². The van der Waals surface area contributed by atoms with Crippen LogP contribution in [0.4, 0.5) is 0 Å². The van der Waals surface area contributed by atoms with Crippen molar-refractivity contribution >= 4 is 17.5 Å². The largest absolute Gasteiger partial charge is 0.486 e. The molecule has 1 amide bonds.